The number of nitrogens with two attached hydrogens (primary N) is 1. The molecule has 2 aromatic rings. The van der Waals surface area contributed by atoms with Gasteiger partial charge < -0.3 is 15.2 Å². The van der Waals surface area contributed by atoms with Crippen LogP contribution in [-0.2, 0) is 0 Å². The van der Waals surface area contributed by atoms with Gasteiger partial charge in [0.25, 0.3) is 0 Å². The van der Waals surface area contributed by atoms with Gasteiger partial charge in [0.2, 0.25) is 5.91 Å². The summed E-state index contributed by atoms with van der Waals surface area (Å²) >= 11 is 0. The predicted molar refractivity (Wildman–Crippen MR) is 75.8 cm³/mol. The summed E-state index contributed by atoms with van der Waals surface area (Å²) in [6, 6.07) is 11.4. The van der Waals surface area contributed by atoms with E-state index in [-0.39, 0.29) is 5.78 Å². The zero-order valence-electron chi connectivity index (χ0n) is 11.2. The van der Waals surface area contributed by atoms with E-state index in [1.54, 1.807) is 36.4 Å². The summed E-state index contributed by atoms with van der Waals surface area (Å²) < 4.78 is 10.9. The van der Waals surface area contributed by atoms with Crippen LogP contribution in [0.5, 0.6) is 11.5 Å². The van der Waals surface area contributed by atoms with E-state index in [0.717, 1.165) is 0 Å². The van der Waals surface area contributed by atoms with Crippen molar-refractivity contribution in [3.63, 3.8) is 0 Å². The van der Waals surface area contributed by atoms with E-state index in [1.165, 1.54) is 6.07 Å². The van der Waals surface area contributed by atoms with Crippen molar-refractivity contribution in [2.75, 3.05) is 13.2 Å². The smallest absolute Gasteiger partial charge is 0.248 e. The van der Waals surface area contributed by atoms with Crippen molar-refractivity contribution in [1.82, 2.24) is 0 Å². The first-order chi connectivity index (χ1) is 10.1. The number of ketones is 1. The third kappa shape index (κ3) is 2.58. The molecule has 1 amide bonds. The molecule has 0 aromatic heterocycles. The third-order valence-electron chi connectivity index (χ3n) is 3.21. The second-order valence-corrected chi connectivity index (χ2v) is 4.63. The van der Waals surface area contributed by atoms with Crippen LogP contribution in [0.3, 0.4) is 0 Å². The van der Waals surface area contributed by atoms with Crippen molar-refractivity contribution in [3.8, 4) is 11.5 Å². The highest BCUT2D eigenvalue weighted by Gasteiger charge is 2.16. The predicted octanol–water partition coefficient (Wildman–Crippen LogP) is 1.79. The summed E-state index contributed by atoms with van der Waals surface area (Å²) in [4.78, 5) is 23.6. The summed E-state index contributed by atoms with van der Waals surface area (Å²) in [5, 5.41) is 0. The van der Waals surface area contributed by atoms with Crippen LogP contribution >= 0.6 is 0 Å². The molecule has 0 bridgehead atoms. The lowest BCUT2D eigenvalue weighted by atomic mass is 10.0. The molecule has 0 saturated heterocycles. The number of hydrogen-bond donors (Lipinski definition) is 1. The summed E-state index contributed by atoms with van der Waals surface area (Å²) in [5.41, 5.74) is 6.41. The van der Waals surface area contributed by atoms with Crippen molar-refractivity contribution >= 4 is 11.7 Å². The van der Waals surface area contributed by atoms with Crippen LogP contribution in [-0.4, -0.2) is 24.9 Å². The SMILES string of the molecule is NC(=O)c1cccc(C(=O)c2ccc3c(c2)OCCO3)c1. The monoisotopic (exact) mass is 283 g/mol. The van der Waals surface area contributed by atoms with Crippen LogP contribution in [0, 0.1) is 0 Å². The zero-order chi connectivity index (χ0) is 14.8. The molecule has 1 heterocycles. The normalized spacial score (nSPS) is 12.8. The molecule has 3 rings (SSSR count). The molecule has 2 N–H and O–H groups in total. The molecule has 21 heavy (non-hydrogen) atoms. The first kappa shape index (κ1) is 13.2. The lowest BCUT2D eigenvalue weighted by Gasteiger charge is -2.18. The number of fused-ring (bicyclic) bond motifs is 1. The molecule has 1 aliphatic rings. The summed E-state index contributed by atoms with van der Waals surface area (Å²) in [6.45, 7) is 0.961. The van der Waals surface area contributed by atoms with Gasteiger partial charge in [-0.25, -0.2) is 0 Å². The maximum atomic E-state index is 12.5. The van der Waals surface area contributed by atoms with E-state index < -0.39 is 5.91 Å². The van der Waals surface area contributed by atoms with Crippen molar-refractivity contribution in [3.05, 3.63) is 59.2 Å². The van der Waals surface area contributed by atoms with Crippen LogP contribution in [0.1, 0.15) is 26.3 Å². The first-order valence-corrected chi connectivity index (χ1v) is 6.49. The van der Waals surface area contributed by atoms with Gasteiger partial charge in [0.1, 0.15) is 13.2 Å². The van der Waals surface area contributed by atoms with Crippen molar-refractivity contribution in [2.24, 2.45) is 5.73 Å². The molecular formula is C16H13NO4. The number of ether oxygens (including phenoxy) is 2. The molecule has 1 aliphatic heterocycles. The minimum Gasteiger partial charge on any atom is -0.486 e. The maximum Gasteiger partial charge on any atom is 0.248 e. The number of benzene rings is 2. The number of carbonyl (C=O) groups is 2. The molecule has 0 saturated carbocycles. The molecule has 5 nitrogen and oxygen atoms in total. The van der Waals surface area contributed by atoms with E-state index in [0.29, 0.717) is 41.4 Å². The fourth-order valence-corrected chi connectivity index (χ4v) is 2.16. The molecule has 0 spiro atoms. The number of amides is 1. The van der Waals surface area contributed by atoms with Gasteiger partial charge in [-0.15, -0.1) is 0 Å². The van der Waals surface area contributed by atoms with Gasteiger partial charge in [-0.3, -0.25) is 9.59 Å². The lowest BCUT2D eigenvalue weighted by Crippen LogP contribution is -2.16. The number of primary amides is 1. The fourth-order valence-electron chi connectivity index (χ4n) is 2.16. The molecule has 0 unspecified atom stereocenters. The standard InChI is InChI=1S/C16H13NO4/c17-16(19)12-3-1-2-10(8-12)15(18)11-4-5-13-14(9-11)21-7-6-20-13/h1-5,8-9H,6-7H2,(H2,17,19). The Morgan fingerprint density at radius 3 is 2.29 bits per heavy atom. The molecule has 0 fully saturated rings. The molecule has 106 valence electrons. The Morgan fingerprint density at radius 2 is 1.52 bits per heavy atom. The highest BCUT2D eigenvalue weighted by molar-refractivity contribution is 6.10. The maximum absolute atomic E-state index is 12.5. The second-order valence-electron chi connectivity index (χ2n) is 4.63. The quantitative estimate of drug-likeness (QED) is 0.871. The van der Waals surface area contributed by atoms with E-state index in [9.17, 15) is 9.59 Å². The van der Waals surface area contributed by atoms with Crippen LogP contribution in [0.25, 0.3) is 0 Å². The van der Waals surface area contributed by atoms with Crippen LogP contribution in [0.15, 0.2) is 42.5 Å². The topological polar surface area (TPSA) is 78.6 Å². The first-order valence-electron chi connectivity index (χ1n) is 6.49. The van der Waals surface area contributed by atoms with Crippen LogP contribution < -0.4 is 15.2 Å². The Kier molecular flexibility index (Phi) is 3.31. The number of rotatable bonds is 3. The highest BCUT2D eigenvalue weighted by atomic mass is 16.6. The number of carbonyl (C=O) groups excluding carboxylic acids is 2. The third-order valence-corrected chi connectivity index (χ3v) is 3.21. The van der Waals surface area contributed by atoms with Crippen LogP contribution in [0.2, 0.25) is 0 Å². The Bertz CT molecular complexity index is 724. The molecule has 2 aromatic carbocycles. The summed E-state index contributed by atoms with van der Waals surface area (Å²) in [5.74, 6) is 0.420. The second kappa shape index (κ2) is 5.28. The van der Waals surface area contributed by atoms with E-state index in [1.807, 2.05) is 0 Å². The van der Waals surface area contributed by atoms with E-state index >= 15 is 0 Å². The van der Waals surface area contributed by atoms with Gasteiger partial charge >= 0.3 is 0 Å². The van der Waals surface area contributed by atoms with Crippen molar-refractivity contribution < 1.29 is 19.1 Å². The van der Waals surface area contributed by atoms with Gasteiger partial charge in [-0.1, -0.05) is 12.1 Å². The van der Waals surface area contributed by atoms with Gasteiger partial charge in [0.05, 0.1) is 0 Å². The van der Waals surface area contributed by atoms with Gasteiger partial charge in [0, 0.05) is 16.7 Å². The van der Waals surface area contributed by atoms with Crippen molar-refractivity contribution in [2.45, 2.75) is 0 Å². The summed E-state index contributed by atoms with van der Waals surface area (Å²) in [6.07, 6.45) is 0. The molecular weight excluding hydrogens is 270 g/mol. The van der Waals surface area contributed by atoms with E-state index in [2.05, 4.69) is 0 Å². The minimum absolute atomic E-state index is 0.199. The lowest BCUT2D eigenvalue weighted by molar-refractivity contribution is 0.1000. The fraction of sp³-hybridized carbons (Fsp3) is 0.125. The van der Waals surface area contributed by atoms with Crippen LogP contribution in [0.4, 0.5) is 0 Å². The number of hydrogen-bond acceptors (Lipinski definition) is 4. The zero-order valence-corrected chi connectivity index (χ0v) is 11.2. The average Bonchev–Trinajstić information content (AvgIpc) is 2.53. The summed E-state index contributed by atoms with van der Waals surface area (Å²) in [7, 11) is 0. The van der Waals surface area contributed by atoms with Gasteiger partial charge in [0.15, 0.2) is 17.3 Å². The van der Waals surface area contributed by atoms with E-state index in [4.69, 9.17) is 15.2 Å². The molecule has 0 radical (unpaired) electrons. The minimum atomic E-state index is -0.563. The Balaban J connectivity index is 1.95. The largest absolute Gasteiger partial charge is 0.486 e. The Labute approximate surface area is 121 Å². The molecule has 0 aliphatic carbocycles. The Morgan fingerprint density at radius 1 is 0.857 bits per heavy atom. The van der Waals surface area contributed by atoms with Gasteiger partial charge in [-0.2, -0.15) is 0 Å². The Hall–Kier alpha value is -2.82. The highest BCUT2D eigenvalue weighted by Crippen LogP contribution is 2.31. The molecule has 5 heteroatoms. The molecule has 0 atom stereocenters. The van der Waals surface area contributed by atoms with Crippen molar-refractivity contribution in [1.29, 1.82) is 0 Å². The van der Waals surface area contributed by atoms with Gasteiger partial charge in [-0.05, 0) is 30.3 Å². The average molecular weight is 283 g/mol.